The lowest BCUT2D eigenvalue weighted by Crippen LogP contribution is -2.31. The zero-order valence-corrected chi connectivity index (χ0v) is 17.0. The highest BCUT2D eigenvalue weighted by atomic mass is 32.2. The van der Waals surface area contributed by atoms with E-state index >= 15 is 0 Å². The molecule has 12 heteroatoms. The lowest BCUT2D eigenvalue weighted by Gasteiger charge is -2.16. The third-order valence-corrected chi connectivity index (χ3v) is 7.74. The van der Waals surface area contributed by atoms with E-state index in [2.05, 4.69) is 0 Å². The molecule has 2 aromatic rings. The second-order valence-electron chi connectivity index (χ2n) is 6.60. The molecule has 1 amide bonds. The quantitative estimate of drug-likeness (QED) is 0.736. The van der Waals surface area contributed by atoms with E-state index in [-0.39, 0.29) is 10.5 Å². The first kappa shape index (κ1) is 22.2. The topological polar surface area (TPSA) is 101 Å². The largest absolute Gasteiger partial charge is 0.416 e. The van der Waals surface area contributed by atoms with Crippen molar-refractivity contribution in [2.45, 2.75) is 28.8 Å². The molecule has 1 saturated heterocycles. The Labute approximate surface area is 171 Å². The molecule has 2 aromatic carbocycles. The van der Waals surface area contributed by atoms with Crippen molar-refractivity contribution in [2.24, 2.45) is 0 Å². The number of benzene rings is 2. The maximum atomic E-state index is 12.6. The molecular formula is C18H17F3N2O5S2. The highest BCUT2D eigenvalue weighted by Gasteiger charge is 2.31. The number of sulfonamides is 2. The summed E-state index contributed by atoms with van der Waals surface area (Å²) in [6.45, 7) is 0.675. The number of nitrogens with zero attached hydrogens (tertiary/aromatic N) is 1. The second-order valence-corrected chi connectivity index (χ2v) is 10.2. The van der Waals surface area contributed by atoms with Gasteiger partial charge in [-0.25, -0.2) is 21.6 Å². The number of hydrogen-bond acceptors (Lipinski definition) is 5. The molecule has 1 aliphatic heterocycles. The van der Waals surface area contributed by atoms with Crippen LogP contribution in [0.1, 0.15) is 28.8 Å². The Bertz CT molecular complexity index is 1160. The lowest BCUT2D eigenvalue weighted by molar-refractivity contribution is -0.137. The zero-order valence-electron chi connectivity index (χ0n) is 15.4. The standard InChI is InChI=1S/C18H17F3N2O5S2/c19-18(20,21)14-8-6-13(7-9-14)17(24)22-29(25,26)15-4-3-5-16(12-15)30(27,28)23-10-1-2-11-23/h3-9,12H,1-2,10-11H2,(H,22,24). The number of carbonyl (C=O) groups is 1. The fraction of sp³-hybridized carbons (Fsp3) is 0.278. The van der Waals surface area contributed by atoms with Gasteiger partial charge in [0.15, 0.2) is 0 Å². The van der Waals surface area contributed by atoms with Crippen LogP contribution < -0.4 is 4.72 Å². The highest BCUT2D eigenvalue weighted by molar-refractivity contribution is 7.90. The van der Waals surface area contributed by atoms with E-state index in [9.17, 15) is 34.8 Å². The smallest absolute Gasteiger partial charge is 0.268 e. The van der Waals surface area contributed by atoms with Gasteiger partial charge in [-0.05, 0) is 55.3 Å². The number of hydrogen-bond donors (Lipinski definition) is 1. The molecule has 0 aromatic heterocycles. The van der Waals surface area contributed by atoms with E-state index in [0.717, 1.165) is 24.3 Å². The van der Waals surface area contributed by atoms with Crippen molar-refractivity contribution < 1.29 is 34.8 Å². The van der Waals surface area contributed by atoms with Crippen LogP contribution in [-0.2, 0) is 26.2 Å². The van der Waals surface area contributed by atoms with Gasteiger partial charge in [-0.1, -0.05) is 6.07 Å². The fourth-order valence-electron chi connectivity index (χ4n) is 2.93. The first-order valence-corrected chi connectivity index (χ1v) is 11.7. The summed E-state index contributed by atoms with van der Waals surface area (Å²) in [4.78, 5) is 11.5. The SMILES string of the molecule is O=C(NS(=O)(=O)c1cccc(S(=O)(=O)N2CCCC2)c1)c1ccc(C(F)(F)F)cc1. The van der Waals surface area contributed by atoms with Crippen LogP contribution in [0.3, 0.4) is 0 Å². The molecule has 1 heterocycles. The summed E-state index contributed by atoms with van der Waals surface area (Å²) in [7, 11) is -8.33. The molecule has 7 nitrogen and oxygen atoms in total. The zero-order chi connectivity index (χ0) is 22.2. The van der Waals surface area contributed by atoms with Crippen molar-refractivity contribution in [2.75, 3.05) is 13.1 Å². The van der Waals surface area contributed by atoms with Crippen LogP contribution >= 0.6 is 0 Å². The van der Waals surface area contributed by atoms with Crippen LogP contribution in [0, 0.1) is 0 Å². The van der Waals surface area contributed by atoms with Gasteiger partial charge >= 0.3 is 6.18 Å². The van der Waals surface area contributed by atoms with E-state index < -0.39 is 42.6 Å². The number of carbonyl (C=O) groups excluding carboxylic acids is 1. The molecule has 0 saturated carbocycles. The van der Waals surface area contributed by atoms with E-state index in [1.807, 2.05) is 0 Å². The summed E-state index contributed by atoms with van der Waals surface area (Å²) in [5, 5.41) is 0. The monoisotopic (exact) mass is 462 g/mol. The molecule has 0 atom stereocenters. The Balaban J connectivity index is 1.83. The molecule has 0 bridgehead atoms. The van der Waals surface area contributed by atoms with Crippen LogP contribution in [0.4, 0.5) is 13.2 Å². The minimum atomic E-state index is -4.59. The number of nitrogens with one attached hydrogen (secondary N) is 1. The van der Waals surface area contributed by atoms with E-state index in [1.165, 1.54) is 16.4 Å². The van der Waals surface area contributed by atoms with Crippen LogP contribution in [0.2, 0.25) is 0 Å². The Morgan fingerprint density at radius 1 is 0.900 bits per heavy atom. The highest BCUT2D eigenvalue weighted by Crippen LogP contribution is 2.29. The average Bonchev–Trinajstić information content (AvgIpc) is 3.23. The molecule has 1 N–H and O–H groups in total. The van der Waals surface area contributed by atoms with Crippen LogP contribution in [0.5, 0.6) is 0 Å². The molecule has 0 unspecified atom stereocenters. The van der Waals surface area contributed by atoms with Gasteiger partial charge < -0.3 is 0 Å². The normalized spacial score (nSPS) is 15.8. The third kappa shape index (κ3) is 4.65. The van der Waals surface area contributed by atoms with E-state index in [4.69, 9.17) is 0 Å². The minimum absolute atomic E-state index is 0.228. The molecule has 0 radical (unpaired) electrons. The molecule has 162 valence electrons. The van der Waals surface area contributed by atoms with Gasteiger partial charge in [-0.15, -0.1) is 0 Å². The van der Waals surface area contributed by atoms with Gasteiger partial charge in [0.2, 0.25) is 10.0 Å². The van der Waals surface area contributed by atoms with Crippen LogP contribution in [-0.4, -0.2) is 40.1 Å². The van der Waals surface area contributed by atoms with Crippen molar-refractivity contribution in [3.8, 4) is 0 Å². The molecule has 0 aliphatic carbocycles. The predicted octanol–water partition coefficient (Wildman–Crippen LogP) is 2.61. The van der Waals surface area contributed by atoms with E-state index in [0.29, 0.717) is 38.1 Å². The summed E-state index contributed by atoms with van der Waals surface area (Å²) >= 11 is 0. The first-order valence-electron chi connectivity index (χ1n) is 8.76. The van der Waals surface area contributed by atoms with Crippen molar-refractivity contribution in [3.05, 3.63) is 59.7 Å². The molecule has 1 fully saturated rings. The number of rotatable bonds is 5. The Kier molecular flexibility index (Phi) is 5.94. The summed E-state index contributed by atoms with van der Waals surface area (Å²) in [5.74, 6) is -1.14. The lowest BCUT2D eigenvalue weighted by atomic mass is 10.1. The van der Waals surface area contributed by atoms with Gasteiger partial charge in [0.05, 0.1) is 15.4 Å². The van der Waals surface area contributed by atoms with Crippen molar-refractivity contribution in [3.63, 3.8) is 0 Å². The van der Waals surface area contributed by atoms with Gasteiger partial charge in [-0.2, -0.15) is 17.5 Å². The average molecular weight is 462 g/mol. The fourth-order valence-corrected chi connectivity index (χ4v) is 5.59. The number of alkyl halides is 3. The summed E-state index contributed by atoms with van der Waals surface area (Å²) in [6.07, 6.45) is -3.18. The number of amides is 1. The molecule has 1 aliphatic rings. The van der Waals surface area contributed by atoms with E-state index in [1.54, 1.807) is 4.72 Å². The van der Waals surface area contributed by atoms with Crippen molar-refractivity contribution in [1.82, 2.24) is 9.03 Å². The number of halogens is 3. The molecule has 3 rings (SSSR count). The Hall–Kier alpha value is -2.44. The maximum absolute atomic E-state index is 12.6. The van der Waals surface area contributed by atoms with Gasteiger partial charge in [0.1, 0.15) is 0 Å². The first-order chi connectivity index (χ1) is 13.9. The Morgan fingerprint density at radius 3 is 2.03 bits per heavy atom. The van der Waals surface area contributed by atoms with Gasteiger partial charge in [-0.3, -0.25) is 4.79 Å². The summed E-state index contributed by atoms with van der Waals surface area (Å²) in [5.41, 5.74) is -1.28. The Morgan fingerprint density at radius 2 is 1.47 bits per heavy atom. The maximum Gasteiger partial charge on any atom is 0.416 e. The molecular weight excluding hydrogens is 445 g/mol. The minimum Gasteiger partial charge on any atom is -0.268 e. The van der Waals surface area contributed by atoms with Crippen LogP contribution in [0.15, 0.2) is 58.3 Å². The van der Waals surface area contributed by atoms with Gasteiger partial charge in [0.25, 0.3) is 15.9 Å². The predicted molar refractivity (Wildman–Crippen MR) is 101 cm³/mol. The van der Waals surface area contributed by atoms with Crippen molar-refractivity contribution in [1.29, 1.82) is 0 Å². The molecule has 0 spiro atoms. The van der Waals surface area contributed by atoms with Gasteiger partial charge in [0, 0.05) is 18.7 Å². The third-order valence-electron chi connectivity index (χ3n) is 4.52. The van der Waals surface area contributed by atoms with Crippen LogP contribution in [0.25, 0.3) is 0 Å². The van der Waals surface area contributed by atoms with Crippen molar-refractivity contribution >= 4 is 26.0 Å². The second kappa shape index (κ2) is 8.00. The summed E-state index contributed by atoms with van der Waals surface area (Å²) in [6, 6.07) is 7.56. The summed E-state index contributed by atoms with van der Waals surface area (Å²) < 4.78 is 91.1. The molecule has 30 heavy (non-hydrogen) atoms.